The molecule has 7 rings (SSSR count). The Morgan fingerprint density at radius 1 is 0.911 bits per heavy atom. The summed E-state index contributed by atoms with van der Waals surface area (Å²) in [5, 5.41) is 15.6. The summed E-state index contributed by atoms with van der Waals surface area (Å²) in [7, 11) is 3.72. The van der Waals surface area contributed by atoms with Crippen molar-refractivity contribution in [2.75, 3.05) is 49.7 Å². The molecule has 0 unspecified atom stereocenters. The van der Waals surface area contributed by atoms with Gasteiger partial charge in [0.25, 0.3) is 11.5 Å². The van der Waals surface area contributed by atoms with Crippen LogP contribution in [0.2, 0.25) is 0 Å². The van der Waals surface area contributed by atoms with Gasteiger partial charge in [0.2, 0.25) is 0 Å². The van der Waals surface area contributed by atoms with Gasteiger partial charge in [-0.25, -0.2) is 14.4 Å². The number of carbonyl (C=O) groups is 1. The van der Waals surface area contributed by atoms with Crippen LogP contribution in [-0.2, 0) is 20.2 Å². The summed E-state index contributed by atoms with van der Waals surface area (Å²) in [4.78, 5) is 35.9. The van der Waals surface area contributed by atoms with Crippen LogP contribution < -0.4 is 15.5 Å². The number of aliphatic hydroxyl groups is 1. The van der Waals surface area contributed by atoms with Gasteiger partial charge in [-0.2, -0.15) is 0 Å². The van der Waals surface area contributed by atoms with Crippen molar-refractivity contribution < 1.29 is 14.3 Å². The van der Waals surface area contributed by atoms with Crippen molar-refractivity contribution in [1.82, 2.24) is 24.0 Å². The minimum Gasteiger partial charge on any atom is -0.392 e. The molecule has 11 heteroatoms. The number of benzene rings is 2. The monoisotopic (exact) mass is 607 g/mol. The number of rotatable bonds is 6. The number of carbonyl (C=O) groups excluding carboxylic acids is 1. The molecule has 1 amide bonds. The standard InChI is InChI=1S/C34H34FN7O3/c1-37-11-13-39(14-12-37)42(32-9-5-6-10-36-32)31-18-24(21-38(2)33(31)44)26-19-25(35)20-29(27(26)22-43)41-16-15-40-28-8-4-3-7-23(28)17-30(40)34(41)45/h3-10,17-21,43H,11-16,22H2,1-2H3. The number of amides is 1. The average Bonchev–Trinajstić information content (AvgIpc) is 3.44. The molecule has 230 valence electrons. The lowest BCUT2D eigenvalue weighted by Crippen LogP contribution is -2.52. The molecule has 45 heavy (non-hydrogen) atoms. The second kappa shape index (κ2) is 11.6. The molecule has 5 heterocycles. The van der Waals surface area contributed by atoms with Crippen molar-refractivity contribution in [3.8, 4) is 11.1 Å². The number of para-hydroxylation sites is 1. The van der Waals surface area contributed by atoms with Crippen molar-refractivity contribution >= 4 is 34.0 Å². The topological polar surface area (TPSA) is 90.1 Å². The van der Waals surface area contributed by atoms with Gasteiger partial charge in [-0.1, -0.05) is 24.3 Å². The summed E-state index contributed by atoms with van der Waals surface area (Å²) in [5.41, 5.74) is 3.25. The Balaban J connectivity index is 1.34. The zero-order valence-corrected chi connectivity index (χ0v) is 25.2. The van der Waals surface area contributed by atoms with Gasteiger partial charge in [0, 0.05) is 80.7 Å². The maximum Gasteiger partial charge on any atom is 0.275 e. The van der Waals surface area contributed by atoms with Crippen molar-refractivity contribution in [2.24, 2.45) is 7.05 Å². The fraction of sp³-hybridized carbons (Fsp3) is 0.265. The lowest BCUT2D eigenvalue weighted by Gasteiger charge is -2.40. The predicted molar refractivity (Wildman–Crippen MR) is 172 cm³/mol. The number of halogens is 1. The number of anilines is 3. The first kappa shape index (κ1) is 28.9. The van der Waals surface area contributed by atoms with Gasteiger partial charge in [0.05, 0.1) is 12.3 Å². The molecule has 0 atom stereocenters. The fourth-order valence-corrected chi connectivity index (χ4v) is 6.47. The third kappa shape index (κ3) is 5.08. The van der Waals surface area contributed by atoms with Crippen LogP contribution in [0, 0.1) is 5.82 Å². The van der Waals surface area contributed by atoms with E-state index < -0.39 is 12.4 Å². The lowest BCUT2D eigenvalue weighted by molar-refractivity contribution is 0.0966. The second-order valence-electron chi connectivity index (χ2n) is 11.6. The molecule has 0 bridgehead atoms. The highest BCUT2D eigenvalue weighted by Gasteiger charge is 2.31. The van der Waals surface area contributed by atoms with E-state index in [2.05, 4.69) is 21.9 Å². The number of aliphatic hydroxyl groups excluding tert-OH is 1. The normalized spacial score (nSPS) is 15.9. The van der Waals surface area contributed by atoms with Crippen LogP contribution in [0.3, 0.4) is 0 Å². The van der Waals surface area contributed by atoms with Gasteiger partial charge in [-0.3, -0.25) is 14.6 Å². The summed E-state index contributed by atoms with van der Waals surface area (Å²) in [6, 6.07) is 19.6. The van der Waals surface area contributed by atoms with Crippen LogP contribution in [0.15, 0.2) is 83.9 Å². The quantitative estimate of drug-likeness (QED) is 0.312. The van der Waals surface area contributed by atoms with E-state index in [4.69, 9.17) is 0 Å². The first-order valence-electron chi connectivity index (χ1n) is 15.0. The number of likely N-dealkylation sites (N-methyl/N-ethyl adjacent to an activating group) is 1. The van der Waals surface area contributed by atoms with Crippen LogP contribution in [0.1, 0.15) is 16.1 Å². The van der Waals surface area contributed by atoms with Gasteiger partial charge in [0.1, 0.15) is 23.0 Å². The molecule has 0 radical (unpaired) electrons. The average molecular weight is 608 g/mol. The van der Waals surface area contributed by atoms with E-state index in [-0.39, 0.29) is 11.5 Å². The Bertz CT molecular complexity index is 1960. The van der Waals surface area contributed by atoms with Gasteiger partial charge in [-0.15, -0.1) is 0 Å². The number of hydrazine groups is 1. The van der Waals surface area contributed by atoms with Crippen LogP contribution in [-0.4, -0.2) is 74.8 Å². The predicted octanol–water partition coefficient (Wildman–Crippen LogP) is 3.99. The molecular formula is C34H34FN7O3. The SMILES string of the molecule is CN1CCN(N(c2ccccn2)c2cc(-c3cc(F)cc(N4CCn5c(cc6ccccc65)C4=O)c3CO)cn(C)c2=O)CC1. The van der Waals surface area contributed by atoms with Crippen LogP contribution in [0.5, 0.6) is 0 Å². The minimum absolute atomic E-state index is 0.246. The van der Waals surface area contributed by atoms with Crippen molar-refractivity contribution in [3.05, 3.63) is 107 Å². The molecule has 1 fully saturated rings. The number of piperazine rings is 1. The third-order valence-electron chi connectivity index (χ3n) is 8.79. The molecule has 0 saturated carbocycles. The number of aryl methyl sites for hydroxylation is 1. The van der Waals surface area contributed by atoms with Crippen LogP contribution in [0.25, 0.3) is 22.0 Å². The third-order valence-corrected chi connectivity index (χ3v) is 8.79. The Morgan fingerprint density at radius 3 is 2.44 bits per heavy atom. The highest BCUT2D eigenvalue weighted by Crippen LogP contribution is 2.37. The second-order valence-corrected chi connectivity index (χ2v) is 11.6. The van der Waals surface area contributed by atoms with E-state index >= 15 is 4.39 Å². The summed E-state index contributed by atoms with van der Waals surface area (Å²) < 4.78 is 18.9. The Hall–Kier alpha value is -4.84. The maximum atomic E-state index is 15.5. The van der Waals surface area contributed by atoms with Gasteiger partial charge >= 0.3 is 0 Å². The molecule has 10 nitrogen and oxygen atoms in total. The van der Waals surface area contributed by atoms with E-state index in [0.29, 0.717) is 65.8 Å². The zero-order chi connectivity index (χ0) is 31.2. The van der Waals surface area contributed by atoms with Gasteiger partial charge < -0.3 is 24.0 Å². The highest BCUT2D eigenvalue weighted by atomic mass is 19.1. The molecule has 1 N–H and O–H groups in total. The first-order chi connectivity index (χ1) is 21.8. The Labute approximate surface area is 259 Å². The van der Waals surface area contributed by atoms with Crippen molar-refractivity contribution in [2.45, 2.75) is 13.2 Å². The fourth-order valence-electron chi connectivity index (χ4n) is 6.47. The van der Waals surface area contributed by atoms with Crippen molar-refractivity contribution in [1.29, 1.82) is 0 Å². The summed E-state index contributed by atoms with van der Waals surface area (Å²) >= 11 is 0. The number of hydrogen-bond donors (Lipinski definition) is 1. The molecular weight excluding hydrogens is 573 g/mol. The van der Waals surface area contributed by atoms with E-state index in [1.54, 1.807) is 30.4 Å². The summed E-state index contributed by atoms with van der Waals surface area (Å²) in [6.45, 7) is 3.40. The largest absolute Gasteiger partial charge is 0.392 e. The summed E-state index contributed by atoms with van der Waals surface area (Å²) in [5.74, 6) is -0.221. The van der Waals surface area contributed by atoms with Gasteiger partial charge in [-0.05, 0) is 55.1 Å². The van der Waals surface area contributed by atoms with Crippen LogP contribution >= 0.6 is 0 Å². The Kier molecular flexibility index (Phi) is 7.44. The number of aromatic nitrogens is 3. The molecule has 0 aliphatic carbocycles. The van der Waals surface area contributed by atoms with E-state index in [1.165, 1.54) is 16.7 Å². The molecule has 5 aromatic rings. The molecule has 0 spiro atoms. The van der Waals surface area contributed by atoms with Crippen molar-refractivity contribution in [3.63, 3.8) is 0 Å². The molecule has 1 saturated heterocycles. The highest BCUT2D eigenvalue weighted by molar-refractivity contribution is 6.09. The molecule has 3 aromatic heterocycles. The first-order valence-corrected chi connectivity index (χ1v) is 15.0. The molecule has 2 aromatic carbocycles. The van der Waals surface area contributed by atoms with Crippen LogP contribution in [0.4, 0.5) is 21.6 Å². The number of hydrogen-bond acceptors (Lipinski definition) is 7. The maximum absolute atomic E-state index is 15.5. The van der Waals surface area contributed by atoms with E-state index in [9.17, 15) is 14.7 Å². The Morgan fingerprint density at radius 2 is 1.69 bits per heavy atom. The summed E-state index contributed by atoms with van der Waals surface area (Å²) in [6.07, 6.45) is 3.32. The zero-order valence-electron chi connectivity index (χ0n) is 25.2. The molecule has 2 aliphatic heterocycles. The number of fused-ring (bicyclic) bond motifs is 3. The molecule has 2 aliphatic rings. The number of pyridine rings is 2. The van der Waals surface area contributed by atoms with E-state index in [1.807, 2.05) is 58.1 Å². The smallest absolute Gasteiger partial charge is 0.275 e. The van der Waals surface area contributed by atoms with E-state index in [0.717, 1.165) is 24.0 Å². The van der Waals surface area contributed by atoms with Gasteiger partial charge in [0.15, 0.2) is 0 Å². The minimum atomic E-state index is -0.549. The lowest BCUT2D eigenvalue weighted by atomic mass is 9.97. The number of nitrogens with zero attached hydrogens (tertiary/aromatic N) is 7.